The molecule has 0 saturated carbocycles. The van der Waals surface area contributed by atoms with Crippen LogP contribution in [0.4, 0.5) is 11.4 Å². The van der Waals surface area contributed by atoms with Gasteiger partial charge in [0.05, 0.1) is 29.3 Å². The lowest BCUT2D eigenvalue weighted by Gasteiger charge is -2.06. The normalized spacial score (nSPS) is 11.0. The lowest BCUT2D eigenvalue weighted by molar-refractivity contribution is -0.384. The van der Waals surface area contributed by atoms with Gasteiger partial charge in [-0.1, -0.05) is 17.7 Å². The van der Waals surface area contributed by atoms with E-state index in [4.69, 9.17) is 11.6 Å². The number of carbonyl (C=O) groups is 1. The van der Waals surface area contributed by atoms with E-state index in [-0.39, 0.29) is 5.69 Å². The Morgan fingerprint density at radius 1 is 1.37 bits per heavy atom. The summed E-state index contributed by atoms with van der Waals surface area (Å²) in [4.78, 5) is 26.5. The highest BCUT2D eigenvalue weighted by Gasteiger charge is 2.14. The van der Waals surface area contributed by atoms with Crippen LogP contribution in [0.15, 0.2) is 48.8 Å². The maximum atomic E-state index is 11.4. The number of carbonyl (C=O) groups excluding carboxylic acids is 1. The average molecular weight is 387 g/mol. The summed E-state index contributed by atoms with van der Waals surface area (Å²) >= 11 is 5.95. The van der Waals surface area contributed by atoms with Crippen LogP contribution in [0, 0.1) is 10.1 Å². The number of pyridine rings is 1. The number of nitro benzene ring substituents is 1. The number of nitrogens with one attached hydrogen (secondary N) is 1. The lowest BCUT2D eigenvalue weighted by Crippen LogP contribution is -2.03. The molecule has 0 amide bonds. The SMILES string of the molecule is COC(=O)/C=C/c1ccc(NCc2cn3cc(Cl)ccc3n2)c([N+](=O)[O-])c1. The molecule has 1 N–H and O–H groups in total. The Hall–Kier alpha value is -3.39. The average Bonchev–Trinajstić information content (AvgIpc) is 3.06. The molecule has 0 bridgehead atoms. The van der Waals surface area contributed by atoms with E-state index in [0.29, 0.717) is 28.5 Å². The molecule has 3 aromatic rings. The zero-order valence-corrected chi connectivity index (χ0v) is 15.0. The minimum absolute atomic E-state index is 0.103. The first-order chi connectivity index (χ1) is 13.0. The van der Waals surface area contributed by atoms with E-state index in [0.717, 1.165) is 5.65 Å². The van der Waals surface area contributed by atoms with Crippen LogP contribution >= 0.6 is 11.6 Å². The highest BCUT2D eigenvalue weighted by Crippen LogP contribution is 2.26. The minimum atomic E-state index is -0.535. The van der Waals surface area contributed by atoms with Crippen LogP contribution in [0.25, 0.3) is 11.7 Å². The second-order valence-corrected chi connectivity index (χ2v) is 6.03. The van der Waals surface area contributed by atoms with E-state index < -0.39 is 10.9 Å². The molecule has 8 nitrogen and oxygen atoms in total. The predicted molar refractivity (Wildman–Crippen MR) is 102 cm³/mol. The fourth-order valence-electron chi connectivity index (χ4n) is 2.47. The van der Waals surface area contributed by atoms with Gasteiger partial charge in [-0.25, -0.2) is 9.78 Å². The van der Waals surface area contributed by atoms with Crippen molar-refractivity contribution in [3.05, 3.63) is 75.2 Å². The Kier molecular flexibility index (Phi) is 5.37. The molecule has 0 spiro atoms. The summed E-state index contributed by atoms with van der Waals surface area (Å²) in [5, 5.41) is 15.0. The minimum Gasteiger partial charge on any atom is -0.466 e. The van der Waals surface area contributed by atoms with Gasteiger partial charge in [-0.05, 0) is 29.8 Å². The van der Waals surface area contributed by atoms with Crippen molar-refractivity contribution < 1.29 is 14.5 Å². The van der Waals surface area contributed by atoms with Crippen LogP contribution in [0.2, 0.25) is 5.02 Å². The number of nitrogens with zero attached hydrogens (tertiary/aromatic N) is 3. The van der Waals surface area contributed by atoms with E-state index in [1.165, 1.54) is 25.3 Å². The molecule has 1 aromatic carbocycles. The summed E-state index contributed by atoms with van der Waals surface area (Å²) in [5.74, 6) is -0.535. The fraction of sp³-hybridized carbons (Fsp3) is 0.111. The van der Waals surface area contributed by atoms with E-state index in [9.17, 15) is 14.9 Å². The standard InChI is InChI=1S/C18H15ClN4O4/c1-27-18(24)7-3-12-2-5-15(16(8-12)23(25)26)20-9-14-11-22-10-13(19)4-6-17(22)21-14/h2-8,10-11,20H,9H2,1H3/b7-3+. The number of hydrogen-bond donors (Lipinski definition) is 1. The molecule has 0 aliphatic carbocycles. The second kappa shape index (κ2) is 7.88. The van der Waals surface area contributed by atoms with Crippen molar-refractivity contribution >= 4 is 40.7 Å². The zero-order chi connectivity index (χ0) is 19.4. The fourth-order valence-corrected chi connectivity index (χ4v) is 2.64. The maximum Gasteiger partial charge on any atom is 0.330 e. The Morgan fingerprint density at radius 3 is 2.93 bits per heavy atom. The van der Waals surface area contributed by atoms with Gasteiger partial charge < -0.3 is 14.5 Å². The third-order valence-electron chi connectivity index (χ3n) is 3.76. The lowest BCUT2D eigenvalue weighted by atomic mass is 10.1. The molecule has 2 aromatic heterocycles. The van der Waals surface area contributed by atoms with Crippen molar-refractivity contribution in [1.82, 2.24) is 9.38 Å². The van der Waals surface area contributed by atoms with Crippen LogP contribution < -0.4 is 5.32 Å². The van der Waals surface area contributed by atoms with E-state index in [2.05, 4.69) is 15.0 Å². The molecule has 3 rings (SSSR count). The number of esters is 1. The van der Waals surface area contributed by atoms with Crippen molar-refractivity contribution in [2.24, 2.45) is 0 Å². The Bertz CT molecular complexity index is 1050. The van der Waals surface area contributed by atoms with Gasteiger partial charge in [0.1, 0.15) is 11.3 Å². The van der Waals surface area contributed by atoms with E-state index >= 15 is 0 Å². The number of fused-ring (bicyclic) bond motifs is 1. The van der Waals surface area contributed by atoms with Crippen molar-refractivity contribution in [3.8, 4) is 0 Å². The number of hydrogen-bond acceptors (Lipinski definition) is 6. The number of aromatic nitrogens is 2. The number of benzene rings is 1. The first-order valence-electron chi connectivity index (χ1n) is 7.88. The van der Waals surface area contributed by atoms with Gasteiger partial charge in [-0.3, -0.25) is 10.1 Å². The molecule has 0 unspecified atom stereocenters. The van der Waals surface area contributed by atoms with Crippen LogP contribution in [-0.2, 0) is 16.1 Å². The molecule has 0 aliphatic heterocycles. The van der Waals surface area contributed by atoms with Crippen molar-refractivity contribution in [2.75, 3.05) is 12.4 Å². The van der Waals surface area contributed by atoms with Crippen LogP contribution in [-0.4, -0.2) is 27.4 Å². The molecule has 9 heteroatoms. The smallest absolute Gasteiger partial charge is 0.330 e. The molecule has 0 fully saturated rings. The van der Waals surface area contributed by atoms with Crippen molar-refractivity contribution in [1.29, 1.82) is 0 Å². The van der Waals surface area contributed by atoms with Gasteiger partial charge in [-0.2, -0.15) is 0 Å². The summed E-state index contributed by atoms with van der Waals surface area (Å²) in [5.41, 5.74) is 2.20. The van der Waals surface area contributed by atoms with Gasteiger partial charge in [0.2, 0.25) is 0 Å². The van der Waals surface area contributed by atoms with Gasteiger partial charge >= 0.3 is 5.97 Å². The summed E-state index contributed by atoms with van der Waals surface area (Å²) in [7, 11) is 1.26. The summed E-state index contributed by atoms with van der Waals surface area (Å²) in [6.07, 6.45) is 6.19. The van der Waals surface area contributed by atoms with Gasteiger partial charge in [-0.15, -0.1) is 0 Å². The quantitative estimate of drug-likeness (QED) is 0.300. The largest absolute Gasteiger partial charge is 0.466 e. The Balaban J connectivity index is 1.79. The number of nitro groups is 1. The Morgan fingerprint density at radius 2 is 2.19 bits per heavy atom. The molecule has 2 heterocycles. The van der Waals surface area contributed by atoms with Crippen molar-refractivity contribution in [2.45, 2.75) is 6.54 Å². The monoisotopic (exact) mass is 386 g/mol. The number of ether oxygens (including phenoxy) is 1. The summed E-state index contributed by atoms with van der Waals surface area (Å²) in [6.45, 7) is 0.303. The van der Waals surface area contributed by atoms with E-state index in [1.54, 1.807) is 41.1 Å². The second-order valence-electron chi connectivity index (χ2n) is 5.59. The van der Waals surface area contributed by atoms with E-state index in [1.807, 2.05) is 0 Å². The highest BCUT2D eigenvalue weighted by molar-refractivity contribution is 6.30. The molecule has 0 saturated heterocycles. The van der Waals surface area contributed by atoms with Crippen molar-refractivity contribution in [3.63, 3.8) is 0 Å². The number of methoxy groups -OCH3 is 1. The molecule has 0 radical (unpaired) electrons. The molecular weight excluding hydrogens is 372 g/mol. The third kappa shape index (κ3) is 4.42. The van der Waals surface area contributed by atoms with Gasteiger partial charge in [0, 0.05) is 24.5 Å². The number of rotatable bonds is 6. The number of halogens is 1. The third-order valence-corrected chi connectivity index (χ3v) is 3.98. The highest BCUT2D eigenvalue weighted by atomic mass is 35.5. The molecule has 138 valence electrons. The van der Waals surface area contributed by atoms with Gasteiger partial charge in [0.25, 0.3) is 5.69 Å². The van der Waals surface area contributed by atoms with Gasteiger partial charge in [0.15, 0.2) is 0 Å². The molecular formula is C18H15ClN4O4. The van der Waals surface area contributed by atoms with Crippen LogP contribution in [0.5, 0.6) is 0 Å². The van der Waals surface area contributed by atoms with Crippen LogP contribution in [0.1, 0.15) is 11.3 Å². The molecule has 27 heavy (non-hydrogen) atoms. The van der Waals surface area contributed by atoms with Crippen LogP contribution in [0.3, 0.4) is 0 Å². The molecule has 0 atom stereocenters. The number of anilines is 1. The topological polar surface area (TPSA) is 98.8 Å². The zero-order valence-electron chi connectivity index (χ0n) is 14.3. The first kappa shape index (κ1) is 18.4. The molecule has 0 aliphatic rings. The summed E-state index contributed by atoms with van der Waals surface area (Å²) < 4.78 is 6.29. The first-order valence-corrected chi connectivity index (χ1v) is 8.25. The summed E-state index contributed by atoms with van der Waals surface area (Å²) in [6, 6.07) is 8.16. The Labute approximate surface area is 159 Å². The number of imidazole rings is 1. The predicted octanol–water partition coefficient (Wildman–Crippen LogP) is 3.69. The maximum absolute atomic E-state index is 11.4.